The highest BCUT2D eigenvalue weighted by Gasteiger charge is 2.21. The van der Waals surface area contributed by atoms with E-state index >= 15 is 0 Å². The van der Waals surface area contributed by atoms with Gasteiger partial charge in [0.1, 0.15) is 5.82 Å². The second-order valence-corrected chi connectivity index (χ2v) is 6.67. The Morgan fingerprint density at radius 1 is 1.08 bits per heavy atom. The number of nitrogens with zero attached hydrogens (tertiary/aromatic N) is 4. The molecule has 6 heteroatoms. The molecule has 1 aliphatic rings. The predicted molar refractivity (Wildman–Crippen MR) is 107 cm³/mol. The lowest BCUT2D eigenvalue weighted by molar-refractivity contribution is -0.131. The van der Waals surface area contributed by atoms with Crippen LogP contribution in [0.15, 0.2) is 48.7 Å². The zero-order valence-electron chi connectivity index (χ0n) is 15.6. The van der Waals surface area contributed by atoms with Crippen LogP contribution < -0.4 is 15.1 Å². The molecular weight excluding hydrogens is 326 g/mol. The van der Waals surface area contributed by atoms with Gasteiger partial charge in [-0.05, 0) is 36.4 Å². The van der Waals surface area contributed by atoms with Gasteiger partial charge in [0.25, 0.3) is 0 Å². The number of hydrogen-bond donors (Lipinski definition) is 1. The first-order chi connectivity index (χ1) is 12.6. The highest BCUT2D eigenvalue weighted by molar-refractivity contribution is 5.77. The molecule has 1 aromatic carbocycles. The van der Waals surface area contributed by atoms with Crippen molar-refractivity contribution in [2.75, 3.05) is 61.9 Å². The van der Waals surface area contributed by atoms with Gasteiger partial charge in [-0.25, -0.2) is 4.98 Å². The van der Waals surface area contributed by atoms with Crippen molar-refractivity contribution in [3.63, 3.8) is 0 Å². The van der Waals surface area contributed by atoms with Crippen LogP contribution in [0, 0.1) is 0 Å². The predicted octanol–water partition coefficient (Wildman–Crippen LogP) is 2.30. The van der Waals surface area contributed by atoms with Gasteiger partial charge in [0.2, 0.25) is 5.91 Å². The number of aromatic nitrogens is 1. The van der Waals surface area contributed by atoms with E-state index in [1.165, 1.54) is 0 Å². The fourth-order valence-corrected chi connectivity index (χ4v) is 3.08. The Morgan fingerprint density at radius 3 is 2.42 bits per heavy atom. The van der Waals surface area contributed by atoms with E-state index in [1.807, 2.05) is 55.5 Å². The number of carbonyl (C=O) groups is 1. The van der Waals surface area contributed by atoms with Gasteiger partial charge in [0.15, 0.2) is 0 Å². The van der Waals surface area contributed by atoms with Crippen molar-refractivity contribution < 1.29 is 4.79 Å². The van der Waals surface area contributed by atoms with Crippen LogP contribution in [0.5, 0.6) is 0 Å². The summed E-state index contributed by atoms with van der Waals surface area (Å²) in [6.07, 6.45) is 2.32. The molecule has 1 N–H and O–H groups in total. The van der Waals surface area contributed by atoms with E-state index in [0.29, 0.717) is 13.0 Å². The number of anilines is 3. The molecule has 2 aromatic rings. The normalized spacial score (nSPS) is 14.2. The second kappa shape index (κ2) is 8.56. The van der Waals surface area contributed by atoms with Gasteiger partial charge in [-0.1, -0.05) is 6.07 Å². The van der Waals surface area contributed by atoms with Gasteiger partial charge in [0, 0.05) is 70.8 Å². The van der Waals surface area contributed by atoms with Crippen LogP contribution in [0.4, 0.5) is 17.2 Å². The molecule has 26 heavy (non-hydrogen) atoms. The number of nitrogens with one attached hydrogen (secondary N) is 1. The van der Waals surface area contributed by atoms with E-state index in [9.17, 15) is 4.79 Å². The Bertz CT molecular complexity index is 694. The topological polar surface area (TPSA) is 51.7 Å². The summed E-state index contributed by atoms with van der Waals surface area (Å²) in [5.74, 6) is 1.20. The summed E-state index contributed by atoms with van der Waals surface area (Å²) in [6.45, 7) is 3.84. The lowest BCUT2D eigenvalue weighted by Crippen LogP contribution is -2.49. The van der Waals surface area contributed by atoms with Crippen molar-refractivity contribution >= 4 is 23.1 Å². The van der Waals surface area contributed by atoms with E-state index in [-0.39, 0.29) is 5.91 Å². The molecule has 1 saturated heterocycles. The van der Waals surface area contributed by atoms with Crippen LogP contribution >= 0.6 is 0 Å². The smallest absolute Gasteiger partial charge is 0.224 e. The first-order valence-corrected chi connectivity index (χ1v) is 9.08. The summed E-state index contributed by atoms with van der Waals surface area (Å²) in [6, 6.07) is 14.2. The van der Waals surface area contributed by atoms with Crippen LogP contribution in [0.1, 0.15) is 6.42 Å². The number of rotatable bonds is 6. The highest BCUT2D eigenvalue weighted by atomic mass is 16.2. The summed E-state index contributed by atoms with van der Waals surface area (Å²) >= 11 is 0. The van der Waals surface area contributed by atoms with Crippen LogP contribution in [-0.2, 0) is 4.79 Å². The zero-order chi connectivity index (χ0) is 18.4. The molecule has 0 bridgehead atoms. The molecule has 1 fully saturated rings. The standard InChI is InChI=1S/C20H27N5O/c1-23(2)18-8-6-17(7-9-18)21-12-10-20(26)25-15-13-24(14-16-25)19-5-3-4-11-22-19/h3-9,11,21H,10,12-16H2,1-2H3. The first-order valence-electron chi connectivity index (χ1n) is 9.08. The molecule has 0 saturated carbocycles. The summed E-state index contributed by atoms with van der Waals surface area (Å²) in [5, 5.41) is 3.33. The Morgan fingerprint density at radius 2 is 1.81 bits per heavy atom. The monoisotopic (exact) mass is 353 g/mol. The van der Waals surface area contributed by atoms with Gasteiger partial charge in [-0.3, -0.25) is 4.79 Å². The molecule has 1 aromatic heterocycles. The Balaban J connectivity index is 1.40. The summed E-state index contributed by atoms with van der Waals surface area (Å²) < 4.78 is 0. The van der Waals surface area contributed by atoms with Crippen molar-refractivity contribution in [3.8, 4) is 0 Å². The molecule has 0 aliphatic carbocycles. The minimum atomic E-state index is 0.211. The van der Waals surface area contributed by atoms with Crippen molar-refractivity contribution in [3.05, 3.63) is 48.7 Å². The molecular formula is C20H27N5O. The van der Waals surface area contributed by atoms with E-state index in [0.717, 1.165) is 43.4 Å². The summed E-state index contributed by atoms with van der Waals surface area (Å²) in [4.78, 5) is 23.1. The van der Waals surface area contributed by atoms with Crippen LogP contribution in [0.3, 0.4) is 0 Å². The molecule has 1 amide bonds. The van der Waals surface area contributed by atoms with Crippen molar-refractivity contribution in [2.24, 2.45) is 0 Å². The Kier molecular flexibility index (Phi) is 5.94. The fraction of sp³-hybridized carbons (Fsp3) is 0.400. The largest absolute Gasteiger partial charge is 0.385 e. The minimum absolute atomic E-state index is 0.211. The van der Waals surface area contributed by atoms with E-state index < -0.39 is 0 Å². The number of piperazine rings is 1. The molecule has 3 rings (SSSR count). The maximum atomic E-state index is 12.4. The Hall–Kier alpha value is -2.76. The molecule has 0 unspecified atom stereocenters. The first kappa shape index (κ1) is 18.0. The molecule has 0 spiro atoms. The van der Waals surface area contributed by atoms with Gasteiger partial charge >= 0.3 is 0 Å². The average Bonchev–Trinajstić information content (AvgIpc) is 2.69. The SMILES string of the molecule is CN(C)c1ccc(NCCC(=O)N2CCN(c3ccccn3)CC2)cc1. The van der Waals surface area contributed by atoms with Crippen LogP contribution in [0.2, 0.25) is 0 Å². The Labute approximate surface area is 155 Å². The van der Waals surface area contributed by atoms with E-state index in [1.54, 1.807) is 0 Å². The third kappa shape index (κ3) is 4.65. The van der Waals surface area contributed by atoms with Crippen molar-refractivity contribution in [1.82, 2.24) is 9.88 Å². The molecule has 0 radical (unpaired) electrons. The molecule has 0 atom stereocenters. The number of hydrogen-bond acceptors (Lipinski definition) is 5. The zero-order valence-corrected chi connectivity index (χ0v) is 15.6. The minimum Gasteiger partial charge on any atom is -0.385 e. The lowest BCUT2D eigenvalue weighted by Gasteiger charge is -2.35. The number of benzene rings is 1. The lowest BCUT2D eigenvalue weighted by atomic mass is 10.2. The summed E-state index contributed by atoms with van der Waals surface area (Å²) in [5.41, 5.74) is 2.21. The third-order valence-corrected chi connectivity index (χ3v) is 4.66. The van der Waals surface area contributed by atoms with Crippen LogP contribution in [-0.4, -0.2) is 62.6 Å². The van der Waals surface area contributed by atoms with Crippen molar-refractivity contribution in [1.29, 1.82) is 0 Å². The average molecular weight is 353 g/mol. The third-order valence-electron chi connectivity index (χ3n) is 4.66. The summed E-state index contributed by atoms with van der Waals surface area (Å²) in [7, 11) is 4.05. The van der Waals surface area contributed by atoms with Gasteiger partial charge in [-0.15, -0.1) is 0 Å². The highest BCUT2D eigenvalue weighted by Crippen LogP contribution is 2.16. The number of pyridine rings is 1. The van der Waals surface area contributed by atoms with E-state index in [2.05, 4.69) is 32.2 Å². The fourth-order valence-electron chi connectivity index (χ4n) is 3.08. The molecule has 2 heterocycles. The quantitative estimate of drug-likeness (QED) is 0.864. The molecule has 138 valence electrons. The van der Waals surface area contributed by atoms with Gasteiger partial charge in [-0.2, -0.15) is 0 Å². The van der Waals surface area contributed by atoms with Crippen LogP contribution in [0.25, 0.3) is 0 Å². The maximum Gasteiger partial charge on any atom is 0.224 e. The molecule has 1 aliphatic heterocycles. The second-order valence-electron chi connectivity index (χ2n) is 6.67. The number of amides is 1. The van der Waals surface area contributed by atoms with Gasteiger partial charge < -0.3 is 20.0 Å². The van der Waals surface area contributed by atoms with Crippen molar-refractivity contribution in [2.45, 2.75) is 6.42 Å². The van der Waals surface area contributed by atoms with Gasteiger partial charge in [0.05, 0.1) is 0 Å². The van der Waals surface area contributed by atoms with E-state index in [4.69, 9.17) is 0 Å². The maximum absolute atomic E-state index is 12.4. The number of carbonyl (C=O) groups excluding carboxylic acids is 1. The molecule has 6 nitrogen and oxygen atoms in total.